The molecule has 2 nitrogen and oxygen atoms in total. The summed E-state index contributed by atoms with van der Waals surface area (Å²) in [5.41, 5.74) is 1.44. The Hall–Kier alpha value is -1.09. The number of benzene rings is 1. The standard InChI is InChI=1S/C13H20FNO/c1-4-5-12(14)11-8-10(9-15(2)3)6-7-13(11)16/h6-8,12,16H,4-5,9H2,1-3H3. The Morgan fingerprint density at radius 2 is 2.06 bits per heavy atom. The third-order valence-electron chi connectivity index (χ3n) is 2.47. The van der Waals surface area contributed by atoms with Crippen LogP contribution >= 0.6 is 0 Å². The number of aromatic hydroxyl groups is 1. The van der Waals surface area contributed by atoms with Crippen LogP contribution < -0.4 is 0 Å². The molecule has 1 aromatic rings. The molecule has 0 radical (unpaired) electrons. The second-order valence-corrected chi connectivity index (χ2v) is 4.39. The third-order valence-corrected chi connectivity index (χ3v) is 2.47. The molecule has 0 fully saturated rings. The van der Waals surface area contributed by atoms with Gasteiger partial charge in [0.1, 0.15) is 11.9 Å². The first kappa shape index (κ1) is 13.0. The van der Waals surface area contributed by atoms with Crippen molar-refractivity contribution >= 4 is 0 Å². The van der Waals surface area contributed by atoms with Crippen molar-refractivity contribution in [1.82, 2.24) is 4.90 Å². The van der Waals surface area contributed by atoms with Gasteiger partial charge in [-0.05, 0) is 38.2 Å². The lowest BCUT2D eigenvalue weighted by molar-refractivity contribution is 0.309. The topological polar surface area (TPSA) is 23.5 Å². The van der Waals surface area contributed by atoms with Gasteiger partial charge in [0.15, 0.2) is 0 Å². The van der Waals surface area contributed by atoms with Crippen LogP contribution in [-0.2, 0) is 6.54 Å². The van der Waals surface area contributed by atoms with Crippen LogP contribution in [0.3, 0.4) is 0 Å². The third kappa shape index (κ3) is 3.49. The molecule has 90 valence electrons. The summed E-state index contributed by atoms with van der Waals surface area (Å²) in [7, 11) is 3.93. The Morgan fingerprint density at radius 3 is 2.62 bits per heavy atom. The molecule has 1 unspecified atom stereocenters. The zero-order valence-corrected chi connectivity index (χ0v) is 10.2. The van der Waals surface area contributed by atoms with Crippen molar-refractivity contribution in [2.45, 2.75) is 32.5 Å². The van der Waals surface area contributed by atoms with E-state index in [1.807, 2.05) is 32.0 Å². The normalized spacial score (nSPS) is 13.1. The van der Waals surface area contributed by atoms with E-state index in [2.05, 4.69) is 0 Å². The van der Waals surface area contributed by atoms with Crippen molar-refractivity contribution in [3.63, 3.8) is 0 Å². The van der Waals surface area contributed by atoms with E-state index in [4.69, 9.17) is 0 Å². The predicted octanol–water partition coefficient (Wildman–Crippen LogP) is 3.26. The van der Waals surface area contributed by atoms with Crippen LogP contribution in [0, 0.1) is 0 Å². The van der Waals surface area contributed by atoms with E-state index in [-0.39, 0.29) is 5.75 Å². The first-order valence-electron chi connectivity index (χ1n) is 5.65. The highest BCUT2D eigenvalue weighted by molar-refractivity contribution is 5.37. The molecule has 0 amide bonds. The number of rotatable bonds is 5. The summed E-state index contributed by atoms with van der Waals surface area (Å²) in [6, 6.07) is 5.17. The Bertz CT molecular complexity index is 339. The number of phenols is 1. The van der Waals surface area contributed by atoms with E-state index in [0.29, 0.717) is 12.0 Å². The molecule has 3 heteroatoms. The first-order chi connectivity index (χ1) is 7.54. The van der Waals surface area contributed by atoms with Crippen LogP contribution in [0.2, 0.25) is 0 Å². The number of hydrogen-bond donors (Lipinski definition) is 1. The van der Waals surface area contributed by atoms with E-state index >= 15 is 0 Å². The van der Waals surface area contributed by atoms with Gasteiger partial charge in [0.2, 0.25) is 0 Å². The molecule has 0 aliphatic rings. The van der Waals surface area contributed by atoms with Gasteiger partial charge in [-0.3, -0.25) is 0 Å². The highest BCUT2D eigenvalue weighted by atomic mass is 19.1. The van der Waals surface area contributed by atoms with Crippen molar-refractivity contribution in [1.29, 1.82) is 0 Å². The Morgan fingerprint density at radius 1 is 1.38 bits per heavy atom. The van der Waals surface area contributed by atoms with Crippen LogP contribution in [0.1, 0.15) is 37.1 Å². The van der Waals surface area contributed by atoms with Gasteiger partial charge in [0.05, 0.1) is 0 Å². The van der Waals surface area contributed by atoms with Gasteiger partial charge in [-0.25, -0.2) is 4.39 Å². The Balaban J connectivity index is 2.89. The minimum Gasteiger partial charge on any atom is -0.508 e. The summed E-state index contributed by atoms with van der Waals surface area (Å²) in [5.74, 6) is 0.0588. The van der Waals surface area contributed by atoms with Crippen molar-refractivity contribution < 1.29 is 9.50 Å². The Kier molecular flexibility index (Phi) is 4.74. The van der Waals surface area contributed by atoms with Crippen molar-refractivity contribution in [3.05, 3.63) is 29.3 Å². The van der Waals surface area contributed by atoms with E-state index in [0.717, 1.165) is 18.5 Å². The largest absolute Gasteiger partial charge is 0.508 e. The molecule has 0 aliphatic carbocycles. The van der Waals surface area contributed by atoms with Gasteiger partial charge in [0, 0.05) is 12.1 Å². The van der Waals surface area contributed by atoms with Crippen LogP contribution in [-0.4, -0.2) is 24.1 Å². The second-order valence-electron chi connectivity index (χ2n) is 4.39. The fourth-order valence-electron chi connectivity index (χ4n) is 1.73. The summed E-state index contributed by atoms with van der Waals surface area (Å²) in [5, 5.41) is 9.61. The fraction of sp³-hybridized carbons (Fsp3) is 0.538. The van der Waals surface area contributed by atoms with Gasteiger partial charge < -0.3 is 10.0 Å². The summed E-state index contributed by atoms with van der Waals surface area (Å²) >= 11 is 0. The summed E-state index contributed by atoms with van der Waals surface area (Å²) < 4.78 is 13.7. The molecule has 0 saturated heterocycles. The minimum atomic E-state index is -1.06. The van der Waals surface area contributed by atoms with Crippen LogP contribution in [0.25, 0.3) is 0 Å². The highest BCUT2D eigenvalue weighted by Gasteiger charge is 2.14. The second kappa shape index (κ2) is 5.85. The molecule has 0 aromatic heterocycles. The average molecular weight is 225 g/mol. The van der Waals surface area contributed by atoms with E-state index < -0.39 is 6.17 Å². The molecule has 0 aliphatic heterocycles. The van der Waals surface area contributed by atoms with Crippen molar-refractivity contribution in [2.75, 3.05) is 14.1 Å². The molecule has 0 heterocycles. The molecule has 1 atom stereocenters. The van der Waals surface area contributed by atoms with Crippen LogP contribution in [0.4, 0.5) is 4.39 Å². The van der Waals surface area contributed by atoms with Gasteiger partial charge >= 0.3 is 0 Å². The molecule has 0 saturated carbocycles. The predicted molar refractivity (Wildman–Crippen MR) is 64.3 cm³/mol. The maximum atomic E-state index is 13.7. The molecule has 1 N–H and O–H groups in total. The number of alkyl halides is 1. The van der Waals surface area contributed by atoms with Crippen LogP contribution in [0.15, 0.2) is 18.2 Å². The number of halogens is 1. The first-order valence-corrected chi connectivity index (χ1v) is 5.65. The molecule has 1 aromatic carbocycles. The molecule has 1 rings (SSSR count). The quantitative estimate of drug-likeness (QED) is 0.831. The van der Waals surface area contributed by atoms with Gasteiger partial charge in [-0.15, -0.1) is 0 Å². The molecular formula is C13H20FNO. The van der Waals surface area contributed by atoms with Gasteiger partial charge in [-0.1, -0.05) is 19.4 Å². The summed E-state index contributed by atoms with van der Waals surface area (Å²) in [6.07, 6.45) is 0.171. The van der Waals surface area contributed by atoms with Gasteiger partial charge in [0.25, 0.3) is 0 Å². The Labute approximate surface area is 96.7 Å². The summed E-state index contributed by atoms with van der Waals surface area (Å²) in [6.45, 7) is 2.69. The zero-order valence-electron chi connectivity index (χ0n) is 10.2. The van der Waals surface area contributed by atoms with E-state index in [1.54, 1.807) is 12.1 Å². The number of phenolic OH excluding ortho intramolecular Hbond substituents is 1. The lowest BCUT2D eigenvalue weighted by Gasteiger charge is -2.14. The molecule has 0 spiro atoms. The van der Waals surface area contributed by atoms with Crippen molar-refractivity contribution in [3.8, 4) is 5.75 Å². The molecule has 16 heavy (non-hydrogen) atoms. The SMILES string of the molecule is CCCC(F)c1cc(CN(C)C)ccc1O. The zero-order chi connectivity index (χ0) is 12.1. The van der Waals surface area contributed by atoms with E-state index in [1.165, 1.54) is 0 Å². The van der Waals surface area contributed by atoms with Gasteiger partial charge in [-0.2, -0.15) is 0 Å². The lowest BCUT2D eigenvalue weighted by Crippen LogP contribution is -2.10. The fourth-order valence-corrected chi connectivity index (χ4v) is 1.73. The smallest absolute Gasteiger partial charge is 0.129 e. The maximum Gasteiger partial charge on any atom is 0.129 e. The number of nitrogens with zero attached hydrogens (tertiary/aromatic N) is 1. The summed E-state index contributed by atoms with van der Waals surface area (Å²) in [4.78, 5) is 2.02. The van der Waals surface area contributed by atoms with E-state index in [9.17, 15) is 9.50 Å². The van der Waals surface area contributed by atoms with Crippen LogP contribution in [0.5, 0.6) is 5.75 Å². The molecule has 0 bridgehead atoms. The highest BCUT2D eigenvalue weighted by Crippen LogP contribution is 2.31. The monoisotopic (exact) mass is 225 g/mol. The molecular weight excluding hydrogens is 205 g/mol. The lowest BCUT2D eigenvalue weighted by atomic mass is 10.0. The minimum absolute atomic E-state index is 0.0588. The van der Waals surface area contributed by atoms with Crippen molar-refractivity contribution in [2.24, 2.45) is 0 Å². The maximum absolute atomic E-state index is 13.7. The number of hydrogen-bond acceptors (Lipinski definition) is 2. The average Bonchev–Trinajstić information content (AvgIpc) is 2.20.